The van der Waals surface area contributed by atoms with Crippen molar-refractivity contribution in [3.8, 4) is 0 Å². The highest BCUT2D eigenvalue weighted by Crippen LogP contribution is 2.18. The van der Waals surface area contributed by atoms with Crippen molar-refractivity contribution in [3.05, 3.63) is 0 Å². The molecule has 0 rings (SSSR count). The highest BCUT2D eigenvalue weighted by atomic mass is 16.2. The molecule has 0 saturated carbocycles. The summed E-state index contributed by atoms with van der Waals surface area (Å²) in [5.41, 5.74) is 0.314. The van der Waals surface area contributed by atoms with Gasteiger partial charge in [0, 0.05) is 20.0 Å². The summed E-state index contributed by atoms with van der Waals surface area (Å²) in [5.74, 6) is 0.315. The van der Waals surface area contributed by atoms with Gasteiger partial charge < -0.3 is 4.90 Å². The highest BCUT2D eigenvalue weighted by molar-refractivity contribution is 5.75. The van der Waals surface area contributed by atoms with Crippen molar-refractivity contribution in [2.24, 2.45) is 5.41 Å². The number of nitrogens with zero attached hydrogens (tertiary/aromatic N) is 1. The van der Waals surface area contributed by atoms with Crippen LogP contribution in [0.25, 0.3) is 0 Å². The van der Waals surface area contributed by atoms with Crippen molar-refractivity contribution in [1.82, 2.24) is 4.90 Å². The van der Waals surface area contributed by atoms with Gasteiger partial charge in [0.2, 0.25) is 5.91 Å². The van der Waals surface area contributed by atoms with E-state index in [2.05, 4.69) is 27.7 Å². The minimum Gasteiger partial charge on any atom is -0.346 e. The standard InChI is InChI=1S/C16H33NO/c1-6-7-8-9-10-11-12-15(18)17(5)14-13-16(2,3)4/h6-14H2,1-5H3. The van der Waals surface area contributed by atoms with E-state index in [1.54, 1.807) is 0 Å². The molecule has 0 aliphatic heterocycles. The number of unbranched alkanes of at least 4 members (excludes halogenated alkanes) is 5. The van der Waals surface area contributed by atoms with Crippen LogP contribution in [-0.4, -0.2) is 24.4 Å². The van der Waals surface area contributed by atoms with Crippen LogP contribution in [0.4, 0.5) is 0 Å². The predicted molar refractivity (Wildman–Crippen MR) is 79.7 cm³/mol. The van der Waals surface area contributed by atoms with Gasteiger partial charge in [-0.1, -0.05) is 59.8 Å². The lowest BCUT2D eigenvalue weighted by atomic mass is 9.92. The van der Waals surface area contributed by atoms with Gasteiger partial charge in [-0.15, -0.1) is 0 Å². The number of amides is 1. The maximum absolute atomic E-state index is 11.9. The minimum atomic E-state index is 0.314. The van der Waals surface area contributed by atoms with Crippen LogP contribution in [-0.2, 0) is 4.79 Å². The van der Waals surface area contributed by atoms with E-state index in [1.165, 1.54) is 32.1 Å². The summed E-state index contributed by atoms with van der Waals surface area (Å²) in [5, 5.41) is 0. The average Bonchev–Trinajstić information content (AvgIpc) is 2.29. The van der Waals surface area contributed by atoms with Crippen LogP contribution in [0.3, 0.4) is 0 Å². The monoisotopic (exact) mass is 255 g/mol. The molecule has 0 atom stereocenters. The van der Waals surface area contributed by atoms with E-state index in [1.807, 2.05) is 11.9 Å². The fourth-order valence-corrected chi connectivity index (χ4v) is 1.88. The molecule has 0 bridgehead atoms. The number of rotatable bonds is 9. The van der Waals surface area contributed by atoms with Gasteiger partial charge in [0.15, 0.2) is 0 Å². The third-order valence-corrected chi connectivity index (χ3v) is 3.37. The van der Waals surface area contributed by atoms with E-state index in [-0.39, 0.29) is 0 Å². The molecule has 0 aliphatic carbocycles. The Morgan fingerprint density at radius 2 is 1.56 bits per heavy atom. The molecule has 0 fully saturated rings. The Labute approximate surface area is 114 Å². The normalized spacial score (nSPS) is 11.6. The minimum absolute atomic E-state index is 0.314. The fourth-order valence-electron chi connectivity index (χ4n) is 1.88. The third-order valence-electron chi connectivity index (χ3n) is 3.37. The van der Waals surface area contributed by atoms with Gasteiger partial charge in [-0.3, -0.25) is 4.79 Å². The maximum atomic E-state index is 11.9. The Hall–Kier alpha value is -0.530. The summed E-state index contributed by atoms with van der Waals surface area (Å²) in [6.07, 6.45) is 9.30. The molecule has 0 spiro atoms. The van der Waals surface area contributed by atoms with Crippen LogP contribution in [0.2, 0.25) is 0 Å². The van der Waals surface area contributed by atoms with Crippen LogP contribution in [0, 0.1) is 5.41 Å². The van der Waals surface area contributed by atoms with Gasteiger partial charge in [-0.05, 0) is 18.3 Å². The predicted octanol–water partition coefficient (Wildman–Crippen LogP) is 4.63. The lowest BCUT2D eigenvalue weighted by Gasteiger charge is -2.23. The van der Waals surface area contributed by atoms with Crippen LogP contribution >= 0.6 is 0 Å². The maximum Gasteiger partial charge on any atom is 0.222 e. The smallest absolute Gasteiger partial charge is 0.222 e. The SMILES string of the molecule is CCCCCCCCC(=O)N(C)CCC(C)(C)C. The van der Waals surface area contributed by atoms with E-state index in [0.29, 0.717) is 11.3 Å². The molecule has 0 aromatic carbocycles. The summed E-state index contributed by atoms with van der Waals surface area (Å²) in [4.78, 5) is 13.8. The van der Waals surface area contributed by atoms with Crippen LogP contribution in [0.1, 0.15) is 79.1 Å². The average molecular weight is 255 g/mol. The Morgan fingerprint density at radius 3 is 2.11 bits per heavy atom. The van der Waals surface area contributed by atoms with E-state index < -0.39 is 0 Å². The van der Waals surface area contributed by atoms with Crippen molar-refractivity contribution in [3.63, 3.8) is 0 Å². The molecule has 0 radical (unpaired) electrons. The summed E-state index contributed by atoms with van der Waals surface area (Å²) in [7, 11) is 1.94. The summed E-state index contributed by atoms with van der Waals surface area (Å²) >= 11 is 0. The van der Waals surface area contributed by atoms with Gasteiger partial charge >= 0.3 is 0 Å². The summed E-state index contributed by atoms with van der Waals surface area (Å²) < 4.78 is 0. The van der Waals surface area contributed by atoms with Crippen molar-refractivity contribution in [1.29, 1.82) is 0 Å². The largest absolute Gasteiger partial charge is 0.346 e. The Morgan fingerprint density at radius 1 is 1.00 bits per heavy atom. The van der Waals surface area contributed by atoms with Gasteiger partial charge in [-0.2, -0.15) is 0 Å². The molecule has 0 aromatic heterocycles. The van der Waals surface area contributed by atoms with Gasteiger partial charge in [0.05, 0.1) is 0 Å². The van der Waals surface area contributed by atoms with E-state index in [9.17, 15) is 4.79 Å². The first-order valence-corrected chi connectivity index (χ1v) is 7.61. The van der Waals surface area contributed by atoms with Crippen molar-refractivity contribution < 1.29 is 4.79 Å². The van der Waals surface area contributed by atoms with Gasteiger partial charge in [0.25, 0.3) is 0 Å². The van der Waals surface area contributed by atoms with Crippen molar-refractivity contribution >= 4 is 5.91 Å². The Kier molecular flexibility index (Phi) is 9.13. The molecule has 18 heavy (non-hydrogen) atoms. The van der Waals surface area contributed by atoms with Crippen molar-refractivity contribution in [2.75, 3.05) is 13.6 Å². The molecule has 0 N–H and O–H groups in total. The van der Waals surface area contributed by atoms with Crippen LogP contribution < -0.4 is 0 Å². The Bertz CT molecular complexity index is 218. The molecule has 108 valence electrons. The molecule has 0 saturated heterocycles. The number of carbonyl (C=O) groups excluding carboxylic acids is 1. The molecule has 0 unspecified atom stereocenters. The molecule has 0 aromatic rings. The zero-order chi connectivity index (χ0) is 14.0. The van der Waals surface area contributed by atoms with E-state index >= 15 is 0 Å². The first-order valence-electron chi connectivity index (χ1n) is 7.61. The molecule has 0 aliphatic rings. The molecule has 1 amide bonds. The number of hydrogen-bond donors (Lipinski definition) is 0. The van der Waals surface area contributed by atoms with E-state index in [0.717, 1.165) is 25.8 Å². The lowest BCUT2D eigenvalue weighted by molar-refractivity contribution is -0.130. The second-order valence-electron chi connectivity index (χ2n) is 6.64. The quantitative estimate of drug-likeness (QED) is 0.550. The fraction of sp³-hybridized carbons (Fsp3) is 0.938. The third kappa shape index (κ3) is 10.6. The highest BCUT2D eigenvalue weighted by Gasteiger charge is 2.14. The van der Waals surface area contributed by atoms with Gasteiger partial charge in [0.1, 0.15) is 0 Å². The molecule has 2 heteroatoms. The van der Waals surface area contributed by atoms with Crippen LogP contribution in [0.15, 0.2) is 0 Å². The lowest BCUT2D eigenvalue weighted by Crippen LogP contribution is -2.29. The zero-order valence-corrected chi connectivity index (χ0v) is 13.2. The zero-order valence-electron chi connectivity index (χ0n) is 13.2. The van der Waals surface area contributed by atoms with E-state index in [4.69, 9.17) is 0 Å². The summed E-state index contributed by atoms with van der Waals surface area (Å²) in [6, 6.07) is 0. The molecular formula is C16H33NO. The first-order chi connectivity index (χ1) is 8.37. The number of hydrogen-bond acceptors (Lipinski definition) is 1. The van der Waals surface area contributed by atoms with Crippen molar-refractivity contribution in [2.45, 2.75) is 79.1 Å². The molecular weight excluding hydrogens is 222 g/mol. The van der Waals surface area contributed by atoms with Gasteiger partial charge in [-0.25, -0.2) is 0 Å². The van der Waals surface area contributed by atoms with Crippen LogP contribution in [0.5, 0.6) is 0 Å². The number of carbonyl (C=O) groups is 1. The Balaban J connectivity index is 3.56. The molecule has 0 heterocycles. The second kappa shape index (κ2) is 9.41. The molecule has 2 nitrogen and oxygen atoms in total. The summed E-state index contributed by atoms with van der Waals surface area (Å²) in [6.45, 7) is 9.78. The second-order valence-corrected chi connectivity index (χ2v) is 6.64. The first kappa shape index (κ1) is 17.5. The topological polar surface area (TPSA) is 20.3 Å².